The number of carbonyl (C=O) groups is 1. The van der Waals surface area contributed by atoms with Crippen molar-refractivity contribution in [1.29, 1.82) is 0 Å². The molecule has 2 N–H and O–H groups in total. The molecule has 0 atom stereocenters. The number of halogens is 3. The van der Waals surface area contributed by atoms with Crippen LogP contribution in [0.3, 0.4) is 0 Å². The normalized spacial score (nSPS) is 10.7. The standard InChI is InChI=1S/C8H6F3NO3/c9-6-3(8(10)11)2-12-4(7(6)15)1-5(13)14/h2,8,15H,1H2,(H,13,14). The van der Waals surface area contributed by atoms with Gasteiger partial charge in [-0.15, -0.1) is 0 Å². The molecule has 0 saturated carbocycles. The van der Waals surface area contributed by atoms with E-state index in [9.17, 15) is 18.0 Å². The molecule has 0 aliphatic rings. The molecule has 0 fully saturated rings. The van der Waals surface area contributed by atoms with Crippen LogP contribution in [-0.2, 0) is 11.2 Å². The van der Waals surface area contributed by atoms with Crippen molar-refractivity contribution in [3.05, 3.63) is 23.3 Å². The minimum absolute atomic E-state index is 0.482. The van der Waals surface area contributed by atoms with E-state index in [-0.39, 0.29) is 0 Å². The number of aromatic hydroxyl groups is 1. The van der Waals surface area contributed by atoms with Crippen molar-refractivity contribution in [1.82, 2.24) is 4.98 Å². The van der Waals surface area contributed by atoms with Gasteiger partial charge < -0.3 is 10.2 Å². The maximum atomic E-state index is 13.0. The number of pyridine rings is 1. The van der Waals surface area contributed by atoms with Gasteiger partial charge in [0.25, 0.3) is 6.43 Å². The van der Waals surface area contributed by atoms with E-state index in [1.807, 2.05) is 0 Å². The minimum Gasteiger partial charge on any atom is -0.504 e. The lowest BCUT2D eigenvalue weighted by atomic mass is 10.2. The van der Waals surface area contributed by atoms with Gasteiger partial charge in [-0.1, -0.05) is 0 Å². The number of aliphatic carboxylic acids is 1. The van der Waals surface area contributed by atoms with Gasteiger partial charge in [0.15, 0.2) is 11.6 Å². The quantitative estimate of drug-likeness (QED) is 0.811. The Labute approximate surface area is 82.0 Å². The van der Waals surface area contributed by atoms with Crippen LogP contribution in [0.2, 0.25) is 0 Å². The lowest BCUT2D eigenvalue weighted by Crippen LogP contribution is -2.05. The van der Waals surface area contributed by atoms with Crippen LogP contribution in [0.25, 0.3) is 0 Å². The third-order valence-corrected chi connectivity index (χ3v) is 1.65. The Kier molecular flexibility index (Phi) is 3.13. The van der Waals surface area contributed by atoms with E-state index in [2.05, 4.69) is 4.98 Å². The molecule has 0 unspecified atom stereocenters. The molecular formula is C8H6F3NO3. The molecule has 82 valence electrons. The fraction of sp³-hybridized carbons (Fsp3) is 0.250. The van der Waals surface area contributed by atoms with Crippen molar-refractivity contribution in [2.75, 3.05) is 0 Å². The Balaban J connectivity index is 3.15. The van der Waals surface area contributed by atoms with E-state index < -0.39 is 41.6 Å². The average Bonchev–Trinajstić information content (AvgIpc) is 2.12. The Morgan fingerprint density at radius 1 is 1.53 bits per heavy atom. The van der Waals surface area contributed by atoms with Gasteiger partial charge in [0.1, 0.15) is 0 Å². The zero-order valence-corrected chi connectivity index (χ0v) is 7.25. The molecule has 0 radical (unpaired) electrons. The van der Waals surface area contributed by atoms with Gasteiger partial charge in [-0.3, -0.25) is 9.78 Å². The molecule has 1 heterocycles. The molecule has 15 heavy (non-hydrogen) atoms. The first kappa shape index (κ1) is 11.3. The van der Waals surface area contributed by atoms with Gasteiger partial charge in [0.05, 0.1) is 17.7 Å². The summed E-state index contributed by atoms with van der Waals surface area (Å²) in [6.45, 7) is 0. The second-order valence-electron chi connectivity index (χ2n) is 2.69. The molecule has 0 amide bonds. The SMILES string of the molecule is O=C(O)Cc1ncc(C(F)F)c(F)c1O. The summed E-state index contributed by atoms with van der Waals surface area (Å²) in [5, 5.41) is 17.4. The van der Waals surface area contributed by atoms with Crippen LogP contribution >= 0.6 is 0 Å². The summed E-state index contributed by atoms with van der Waals surface area (Å²) >= 11 is 0. The number of nitrogens with zero attached hydrogens (tertiary/aromatic N) is 1. The van der Waals surface area contributed by atoms with Gasteiger partial charge in [0.2, 0.25) is 0 Å². The summed E-state index contributed by atoms with van der Waals surface area (Å²) in [6, 6.07) is 0. The van der Waals surface area contributed by atoms with Gasteiger partial charge in [0, 0.05) is 6.20 Å². The van der Waals surface area contributed by atoms with Crippen molar-refractivity contribution in [2.45, 2.75) is 12.8 Å². The first-order valence-electron chi connectivity index (χ1n) is 3.79. The zero-order chi connectivity index (χ0) is 11.6. The lowest BCUT2D eigenvalue weighted by molar-refractivity contribution is -0.136. The van der Waals surface area contributed by atoms with E-state index in [0.717, 1.165) is 0 Å². The number of carboxylic acids is 1. The Bertz CT molecular complexity index is 395. The topological polar surface area (TPSA) is 70.4 Å². The summed E-state index contributed by atoms with van der Waals surface area (Å²) in [4.78, 5) is 13.5. The molecule has 0 bridgehead atoms. The number of rotatable bonds is 3. The molecular weight excluding hydrogens is 215 g/mol. The maximum absolute atomic E-state index is 13.0. The highest BCUT2D eigenvalue weighted by Gasteiger charge is 2.21. The van der Waals surface area contributed by atoms with Gasteiger partial charge >= 0.3 is 5.97 Å². The number of hydrogen-bond acceptors (Lipinski definition) is 3. The Morgan fingerprint density at radius 3 is 2.60 bits per heavy atom. The molecule has 0 aromatic carbocycles. The maximum Gasteiger partial charge on any atom is 0.309 e. The molecule has 0 saturated heterocycles. The summed E-state index contributed by atoms with van der Waals surface area (Å²) < 4.78 is 37.2. The predicted octanol–water partition coefficient (Wildman–Crippen LogP) is 1.49. The van der Waals surface area contributed by atoms with E-state index >= 15 is 0 Å². The number of alkyl halides is 2. The van der Waals surface area contributed by atoms with Gasteiger partial charge in [-0.25, -0.2) is 13.2 Å². The fourth-order valence-electron chi connectivity index (χ4n) is 0.953. The van der Waals surface area contributed by atoms with Crippen LogP contribution < -0.4 is 0 Å². The molecule has 7 heteroatoms. The van der Waals surface area contributed by atoms with E-state index in [4.69, 9.17) is 10.2 Å². The molecule has 0 spiro atoms. The third-order valence-electron chi connectivity index (χ3n) is 1.65. The lowest BCUT2D eigenvalue weighted by Gasteiger charge is -2.06. The highest BCUT2D eigenvalue weighted by molar-refractivity contribution is 5.70. The highest BCUT2D eigenvalue weighted by Crippen LogP contribution is 2.28. The second kappa shape index (κ2) is 4.16. The molecule has 4 nitrogen and oxygen atoms in total. The molecule has 1 aromatic heterocycles. The van der Waals surface area contributed by atoms with Crippen LogP contribution in [0.4, 0.5) is 13.2 Å². The van der Waals surface area contributed by atoms with Crippen LogP contribution in [0.1, 0.15) is 17.7 Å². The highest BCUT2D eigenvalue weighted by atomic mass is 19.3. The van der Waals surface area contributed by atoms with Crippen molar-refractivity contribution in [3.8, 4) is 5.75 Å². The van der Waals surface area contributed by atoms with E-state index in [1.165, 1.54) is 0 Å². The monoisotopic (exact) mass is 221 g/mol. The summed E-state index contributed by atoms with van der Waals surface area (Å²) in [6.07, 6.45) is -3.33. The Hall–Kier alpha value is -1.79. The summed E-state index contributed by atoms with van der Waals surface area (Å²) in [5.41, 5.74) is -1.54. The zero-order valence-electron chi connectivity index (χ0n) is 7.25. The van der Waals surface area contributed by atoms with Gasteiger partial charge in [-0.2, -0.15) is 0 Å². The Morgan fingerprint density at radius 2 is 2.13 bits per heavy atom. The van der Waals surface area contributed by atoms with E-state index in [1.54, 1.807) is 0 Å². The van der Waals surface area contributed by atoms with Crippen molar-refractivity contribution in [2.24, 2.45) is 0 Å². The number of carboxylic acid groups (broad SMARTS) is 1. The molecule has 0 aliphatic carbocycles. The number of hydrogen-bond donors (Lipinski definition) is 2. The van der Waals surface area contributed by atoms with Crippen LogP contribution in [0.5, 0.6) is 5.75 Å². The van der Waals surface area contributed by atoms with Crippen LogP contribution in [0.15, 0.2) is 6.20 Å². The molecule has 1 aromatic rings. The smallest absolute Gasteiger partial charge is 0.309 e. The summed E-state index contributed by atoms with van der Waals surface area (Å²) in [5.74, 6) is -4.02. The first-order valence-corrected chi connectivity index (χ1v) is 3.79. The van der Waals surface area contributed by atoms with Crippen molar-refractivity contribution < 1.29 is 28.2 Å². The molecule has 0 aliphatic heterocycles. The van der Waals surface area contributed by atoms with Crippen LogP contribution in [-0.4, -0.2) is 21.2 Å². The largest absolute Gasteiger partial charge is 0.504 e. The van der Waals surface area contributed by atoms with Gasteiger partial charge in [-0.05, 0) is 0 Å². The second-order valence-corrected chi connectivity index (χ2v) is 2.69. The predicted molar refractivity (Wildman–Crippen MR) is 42.2 cm³/mol. The fourth-order valence-corrected chi connectivity index (χ4v) is 0.953. The molecule has 1 rings (SSSR count). The van der Waals surface area contributed by atoms with Crippen molar-refractivity contribution in [3.63, 3.8) is 0 Å². The van der Waals surface area contributed by atoms with E-state index in [0.29, 0.717) is 6.20 Å². The average molecular weight is 221 g/mol. The summed E-state index contributed by atoms with van der Waals surface area (Å²) in [7, 11) is 0. The number of aromatic nitrogens is 1. The minimum atomic E-state index is -3.11. The van der Waals surface area contributed by atoms with Crippen LogP contribution in [0, 0.1) is 5.82 Å². The third kappa shape index (κ3) is 2.36. The first-order chi connectivity index (χ1) is 6.93. The van der Waals surface area contributed by atoms with Crippen molar-refractivity contribution >= 4 is 5.97 Å².